The van der Waals surface area contributed by atoms with E-state index in [1.807, 2.05) is 26.0 Å². The van der Waals surface area contributed by atoms with Gasteiger partial charge < -0.3 is 10.1 Å². The van der Waals surface area contributed by atoms with Crippen LogP contribution in [0, 0.1) is 25.2 Å². The highest BCUT2D eigenvalue weighted by atomic mass is 16.5. The van der Waals surface area contributed by atoms with Crippen LogP contribution in [0.25, 0.3) is 11.1 Å². The van der Waals surface area contributed by atoms with Gasteiger partial charge in [0.05, 0.1) is 13.2 Å². The van der Waals surface area contributed by atoms with Gasteiger partial charge in [0.25, 0.3) is 0 Å². The summed E-state index contributed by atoms with van der Waals surface area (Å²) in [6.07, 6.45) is 3.45. The van der Waals surface area contributed by atoms with Gasteiger partial charge in [0.1, 0.15) is 12.3 Å². The Bertz CT molecular complexity index is 644. The van der Waals surface area contributed by atoms with Crippen LogP contribution in [0.2, 0.25) is 0 Å². The number of hydrogen-bond donors (Lipinski definition) is 1. The Hall–Kier alpha value is -2.61. The van der Waals surface area contributed by atoms with Crippen LogP contribution < -0.4 is 10.1 Å². The van der Waals surface area contributed by atoms with Crippen LogP contribution in [0.15, 0.2) is 24.5 Å². The van der Waals surface area contributed by atoms with Gasteiger partial charge in [-0.05, 0) is 31.0 Å². The van der Waals surface area contributed by atoms with Crippen LogP contribution in [0.1, 0.15) is 11.1 Å². The van der Waals surface area contributed by atoms with E-state index in [1.54, 1.807) is 19.5 Å². The number of rotatable bonds is 4. The summed E-state index contributed by atoms with van der Waals surface area (Å²) >= 11 is 0. The van der Waals surface area contributed by atoms with E-state index in [-0.39, 0.29) is 6.54 Å². The number of benzene rings is 1. The number of anilines is 1. The summed E-state index contributed by atoms with van der Waals surface area (Å²) in [5.41, 5.74) is 4.09. The number of aromatic nitrogens is 2. The van der Waals surface area contributed by atoms with Gasteiger partial charge in [0.15, 0.2) is 0 Å². The standard InChI is InChI=1S/C15H16N4O/c1-10-6-11(2)14(20-3)13(7-10)12-8-18-15(19-9-12)17-5-4-16/h6-9H,5H2,1-3H3,(H,17,18,19). The first-order chi connectivity index (χ1) is 9.65. The van der Waals surface area contributed by atoms with E-state index in [0.717, 1.165) is 28.0 Å². The van der Waals surface area contributed by atoms with Gasteiger partial charge >= 0.3 is 0 Å². The van der Waals surface area contributed by atoms with Crippen LogP contribution >= 0.6 is 0 Å². The van der Waals surface area contributed by atoms with E-state index < -0.39 is 0 Å². The van der Waals surface area contributed by atoms with Crippen molar-refractivity contribution in [2.24, 2.45) is 0 Å². The molecule has 102 valence electrons. The molecule has 0 atom stereocenters. The van der Waals surface area contributed by atoms with Crippen molar-refractivity contribution >= 4 is 5.95 Å². The van der Waals surface area contributed by atoms with Crippen molar-refractivity contribution in [2.45, 2.75) is 13.8 Å². The molecule has 5 heteroatoms. The molecular weight excluding hydrogens is 252 g/mol. The first kappa shape index (κ1) is 13.8. The van der Waals surface area contributed by atoms with Crippen LogP contribution in [-0.4, -0.2) is 23.6 Å². The Morgan fingerprint density at radius 3 is 2.55 bits per heavy atom. The van der Waals surface area contributed by atoms with Crippen LogP contribution in [0.4, 0.5) is 5.95 Å². The predicted octanol–water partition coefficient (Wildman–Crippen LogP) is 2.70. The molecule has 0 spiro atoms. The van der Waals surface area contributed by atoms with Gasteiger partial charge in [-0.2, -0.15) is 5.26 Å². The summed E-state index contributed by atoms with van der Waals surface area (Å²) in [4.78, 5) is 8.40. The second kappa shape index (κ2) is 6.02. The topological polar surface area (TPSA) is 70.8 Å². The number of nitrogens with zero attached hydrogens (tertiary/aromatic N) is 3. The lowest BCUT2D eigenvalue weighted by Gasteiger charge is -2.12. The molecule has 0 saturated heterocycles. The molecule has 0 aliphatic carbocycles. The maximum atomic E-state index is 8.50. The number of methoxy groups -OCH3 is 1. The molecule has 1 N–H and O–H groups in total. The Morgan fingerprint density at radius 2 is 1.95 bits per heavy atom. The number of nitrogens with one attached hydrogen (secondary N) is 1. The average molecular weight is 268 g/mol. The minimum Gasteiger partial charge on any atom is -0.496 e. The Labute approximate surface area is 118 Å². The Morgan fingerprint density at radius 1 is 1.25 bits per heavy atom. The Kier molecular flexibility index (Phi) is 4.16. The molecule has 0 amide bonds. The van der Waals surface area contributed by atoms with Crippen molar-refractivity contribution in [3.8, 4) is 22.9 Å². The van der Waals surface area contributed by atoms with E-state index in [1.165, 1.54) is 0 Å². The van der Waals surface area contributed by atoms with Gasteiger partial charge in [-0.25, -0.2) is 9.97 Å². The molecule has 0 aliphatic rings. The third kappa shape index (κ3) is 2.86. The lowest BCUT2D eigenvalue weighted by Crippen LogP contribution is -2.03. The van der Waals surface area contributed by atoms with Crippen molar-refractivity contribution < 1.29 is 4.74 Å². The molecule has 0 fully saturated rings. The molecule has 0 aliphatic heterocycles. The van der Waals surface area contributed by atoms with Gasteiger partial charge in [-0.3, -0.25) is 0 Å². The summed E-state index contributed by atoms with van der Waals surface area (Å²) in [5.74, 6) is 1.27. The third-order valence-electron chi connectivity index (χ3n) is 2.91. The van der Waals surface area contributed by atoms with Crippen LogP contribution in [0.3, 0.4) is 0 Å². The summed E-state index contributed by atoms with van der Waals surface area (Å²) in [6.45, 7) is 4.24. The maximum absolute atomic E-state index is 8.50. The lowest BCUT2D eigenvalue weighted by atomic mass is 10.0. The van der Waals surface area contributed by atoms with E-state index in [2.05, 4.69) is 21.4 Å². The second-order valence-electron chi connectivity index (χ2n) is 4.47. The fraction of sp³-hybridized carbons (Fsp3) is 0.267. The first-order valence-corrected chi connectivity index (χ1v) is 6.24. The molecule has 5 nitrogen and oxygen atoms in total. The van der Waals surface area contributed by atoms with Crippen molar-refractivity contribution in [1.82, 2.24) is 9.97 Å². The van der Waals surface area contributed by atoms with Crippen molar-refractivity contribution in [1.29, 1.82) is 5.26 Å². The SMILES string of the molecule is COc1c(C)cc(C)cc1-c1cnc(NCC#N)nc1. The van der Waals surface area contributed by atoms with Crippen LogP contribution in [-0.2, 0) is 0 Å². The molecule has 1 aromatic carbocycles. The number of hydrogen-bond acceptors (Lipinski definition) is 5. The van der Waals surface area contributed by atoms with Crippen molar-refractivity contribution in [3.05, 3.63) is 35.7 Å². The van der Waals surface area contributed by atoms with E-state index >= 15 is 0 Å². The minimum atomic E-state index is 0.187. The van der Waals surface area contributed by atoms with E-state index in [0.29, 0.717) is 5.95 Å². The molecule has 0 unspecified atom stereocenters. The van der Waals surface area contributed by atoms with Gasteiger partial charge in [0, 0.05) is 23.5 Å². The van der Waals surface area contributed by atoms with E-state index in [9.17, 15) is 0 Å². The van der Waals surface area contributed by atoms with Crippen LogP contribution in [0.5, 0.6) is 5.75 Å². The van der Waals surface area contributed by atoms with E-state index in [4.69, 9.17) is 10.00 Å². The molecule has 0 bridgehead atoms. The molecule has 20 heavy (non-hydrogen) atoms. The quantitative estimate of drug-likeness (QED) is 0.863. The maximum Gasteiger partial charge on any atom is 0.223 e. The second-order valence-corrected chi connectivity index (χ2v) is 4.47. The summed E-state index contributed by atoms with van der Waals surface area (Å²) in [5, 5.41) is 11.3. The molecular formula is C15H16N4O. The molecule has 2 rings (SSSR count). The molecule has 1 aromatic heterocycles. The summed E-state index contributed by atoms with van der Waals surface area (Å²) < 4.78 is 5.47. The lowest BCUT2D eigenvalue weighted by molar-refractivity contribution is 0.413. The highest BCUT2D eigenvalue weighted by Gasteiger charge is 2.10. The molecule has 2 aromatic rings. The summed E-state index contributed by atoms with van der Waals surface area (Å²) in [7, 11) is 1.66. The average Bonchev–Trinajstić information content (AvgIpc) is 2.45. The zero-order valence-corrected chi connectivity index (χ0v) is 11.8. The smallest absolute Gasteiger partial charge is 0.223 e. The highest BCUT2D eigenvalue weighted by Crippen LogP contribution is 2.33. The fourth-order valence-electron chi connectivity index (χ4n) is 2.12. The highest BCUT2D eigenvalue weighted by molar-refractivity contribution is 5.72. The van der Waals surface area contributed by atoms with Crippen molar-refractivity contribution in [2.75, 3.05) is 19.0 Å². The Balaban J connectivity index is 2.39. The first-order valence-electron chi connectivity index (χ1n) is 6.24. The normalized spacial score (nSPS) is 9.90. The number of aryl methyl sites for hydroxylation is 2. The molecule has 1 heterocycles. The minimum absolute atomic E-state index is 0.187. The zero-order valence-electron chi connectivity index (χ0n) is 11.8. The van der Waals surface area contributed by atoms with Gasteiger partial charge in [-0.1, -0.05) is 6.07 Å². The number of nitriles is 1. The van der Waals surface area contributed by atoms with Crippen molar-refractivity contribution in [3.63, 3.8) is 0 Å². The fourth-order valence-corrected chi connectivity index (χ4v) is 2.12. The summed E-state index contributed by atoms with van der Waals surface area (Å²) in [6, 6.07) is 6.11. The van der Waals surface area contributed by atoms with Gasteiger partial charge in [-0.15, -0.1) is 0 Å². The molecule has 0 saturated carbocycles. The monoisotopic (exact) mass is 268 g/mol. The third-order valence-corrected chi connectivity index (χ3v) is 2.91. The van der Waals surface area contributed by atoms with Gasteiger partial charge in [0.2, 0.25) is 5.95 Å². The largest absolute Gasteiger partial charge is 0.496 e. The molecule has 0 radical (unpaired) electrons. The number of ether oxygens (including phenoxy) is 1. The zero-order chi connectivity index (χ0) is 14.5. The predicted molar refractivity (Wildman–Crippen MR) is 77.6 cm³/mol.